The average molecular weight is 556 g/mol. The number of carboxylic acids is 1. The average Bonchev–Trinajstić information content (AvgIpc) is 2.94. The fourth-order valence-corrected chi connectivity index (χ4v) is 3.83. The Morgan fingerprint density at radius 1 is 0.821 bits per heavy atom. The molecule has 1 N–H and O–H groups in total. The molecule has 208 valence electrons. The van der Waals surface area contributed by atoms with Crippen molar-refractivity contribution in [3.8, 4) is 17.2 Å². The Kier molecular flexibility index (Phi) is 12.4. The molecule has 0 heterocycles. The first-order valence-electron chi connectivity index (χ1n) is 12.9. The minimum atomic E-state index is -0.991. The van der Waals surface area contributed by atoms with E-state index in [0.717, 1.165) is 24.2 Å². The number of unbranched alkanes of at least 4 members (excludes halogenated alkanes) is 1. The maximum absolute atomic E-state index is 12.9. The molecule has 3 aromatic carbocycles. The van der Waals surface area contributed by atoms with Gasteiger partial charge in [-0.05, 0) is 73.9 Å². The van der Waals surface area contributed by atoms with E-state index in [1.54, 1.807) is 48.2 Å². The summed E-state index contributed by atoms with van der Waals surface area (Å²) < 4.78 is 22.4. The SMILES string of the molecule is CCOC(Cc1ccc(OCCN(CCCCOc2ccccc2)C(=O)Oc2ccc(Cl)cc2)cc1)C(=O)O. The summed E-state index contributed by atoms with van der Waals surface area (Å²) in [4.78, 5) is 25.8. The Balaban J connectivity index is 1.50. The van der Waals surface area contributed by atoms with E-state index in [9.17, 15) is 14.7 Å². The van der Waals surface area contributed by atoms with Crippen LogP contribution in [0.5, 0.6) is 17.2 Å². The van der Waals surface area contributed by atoms with Crippen molar-refractivity contribution in [2.75, 3.05) is 32.9 Å². The van der Waals surface area contributed by atoms with Crippen LogP contribution < -0.4 is 14.2 Å². The normalized spacial score (nSPS) is 11.4. The first-order chi connectivity index (χ1) is 18.9. The van der Waals surface area contributed by atoms with Crippen LogP contribution in [0, 0.1) is 0 Å². The van der Waals surface area contributed by atoms with Gasteiger partial charge in [-0.1, -0.05) is 41.9 Å². The smallest absolute Gasteiger partial charge is 0.415 e. The number of carbonyl (C=O) groups is 2. The molecular formula is C30H34ClNO7. The third-order valence-electron chi connectivity index (χ3n) is 5.73. The lowest BCUT2D eigenvalue weighted by Crippen LogP contribution is -2.37. The Bertz CT molecular complexity index is 1140. The molecule has 0 aliphatic rings. The van der Waals surface area contributed by atoms with E-state index in [0.29, 0.717) is 42.8 Å². The van der Waals surface area contributed by atoms with Crippen molar-refractivity contribution >= 4 is 23.7 Å². The summed E-state index contributed by atoms with van der Waals surface area (Å²) >= 11 is 5.93. The molecule has 0 spiro atoms. The molecule has 0 saturated carbocycles. The topological polar surface area (TPSA) is 94.5 Å². The Morgan fingerprint density at radius 2 is 1.46 bits per heavy atom. The molecule has 0 saturated heterocycles. The van der Waals surface area contributed by atoms with Crippen molar-refractivity contribution in [1.82, 2.24) is 4.90 Å². The molecule has 8 nitrogen and oxygen atoms in total. The molecule has 0 aromatic heterocycles. The summed E-state index contributed by atoms with van der Waals surface area (Å²) in [6.07, 6.45) is 0.390. The molecule has 9 heteroatoms. The third-order valence-corrected chi connectivity index (χ3v) is 5.98. The number of hydrogen-bond acceptors (Lipinski definition) is 6. The van der Waals surface area contributed by atoms with Crippen LogP contribution >= 0.6 is 11.6 Å². The van der Waals surface area contributed by atoms with Crippen LogP contribution in [0.15, 0.2) is 78.9 Å². The zero-order valence-electron chi connectivity index (χ0n) is 22.0. The molecule has 39 heavy (non-hydrogen) atoms. The first kappa shape index (κ1) is 29.8. The number of hydrogen-bond donors (Lipinski definition) is 1. The highest BCUT2D eigenvalue weighted by Crippen LogP contribution is 2.18. The highest BCUT2D eigenvalue weighted by Gasteiger charge is 2.18. The van der Waals surface area contributed by atoms with Gasteiger partial charge in [0, 0.05) is 24.6 Å². The maximum Gasteiger partial charge on any atom is 0.415 e. The molecule has 0 bridgehead atoms. The predicted octanol–water partition coefficient (Wildman–Crippen LogP) is 6.11. The zero-order valence-corrected chi connectivity index (χ0v) is 22.7. The number of carboxylic acid groups (broad SMARTS) is 1. The van der Waals surface area contributed by atoms with Gasteiger partial charge in [-0.15, -0.1) is 0 Å². The van der Waals surface area contributed by atoms with Gasteiger partial charge < -0.3 is 29.0 Å². The van der Waals surface area contributed by atoms with Crippen molar-refractivity contribution in [2.45, 2.75) is 32.3 Å². The maximum atomic E-state index is 12.9. The van der Waals surface area contributed by atoms with Crippen LogP contribution in [0.25, 0.3) is 0 Å². The van der Waals surface area contributed by atoms with Gasteiger partial charge in [0.1, 0.15) is 23.9 Å². The highest BCUT2D eigenvalue weighted by molar-refractivity contribution is 6.30. The van der Waals surface area contributed by atoms with E-state index in [1.807, 2.05) is 42.5 Å². The van der Waals surface area contributed by atoms with Gasteiger partial charge in [-0.25, -0.2) is 9.59 Å². The van der Waals surface area contributed by atoms with Crippen molar-refractivity contribution < 1.29 is 33.6 Å². The van der Waals surface area contributed by atoms with Gasteiger partial charge in [-0.3, -0.25) is 0 Å². The van der Waals surface area contributed by atoms with Gasteiger partial charge in [0.15, 0.2) is 6.10 Å². The van der Waals surface area contributed by atoms with Crippen LogP contribution in [0.2, 0.25) is 5.02 Å². The summed E-state index contributed by atoms with van der Waals surface area (Å²) in [6, 6.07) is 23.4. The van der Waals surface area contributed by atoms with Crippen LogP contribution in [0.3, 0.4) is 0 Å². The molecular weight excluding hydrogens is 522 g/mol. The van der Waals surface area contributed by atoms with Crippen molar-refractivity contribution in [2.24, 2.45) is 0 Å². The molecule has 1 unspecified atom stereocenters. The highest BCUT2D eigenvalue weighted by atomic mass is 35.5. The summed E-state index contributed by atoms with van der Waals surface area (Å²) in [6.45, 7) is 3.68. The van der Waals surface area contributed by atoms with E-state index in [2.05, 4.69) is 0 Å². The third kappa shape index (κ3) is 10.9. The summed E-state index contributed by atoms with van der Waals surface area (Å²) in [5, 5.41) is 9.83. The van der Waals surface area contributed by atoms with Gasteiger partial charge in [0.25, 0.3) is 0 Å². The second-order valence-corrected chi connectivity index (χ2v) is 9.09. The predicted molar refractivity (Wildman–Crippen MR) is 149 cm³/mol. The van der Waals surface area contributed by atoms with E-state index in [-0.39, 0.29) is 13.0 Å². The standard InChI is InChI=1S/C30H34ClNO7/c1-2-36-28(29(33)34)22-23-10-14-26(15-11-23)38-21-19-32(30(35)39-27-16-12-24(31)13-17-27)18-6-7-20-37-25-8-4-3-5-9-25/h3-5,8-17,28H,2,6-7,18-22H2,1H3,(H,33,34). The molecule has 0 fully saturated rings. The van der Waals surface area contributed by atoms with Gasteiger partial charge in [0.05, 0.1) is 13.2 Å². The number of nitrogens with zero attached hydrogens (tertiary/aromatic N) is 1. The van der Waals surface area contributed by atoms with Gasteiger partial charge >= 0.3 is 12.1 Å². The Hall–Kier alpha value is -3.75. The van der Waals surface area contributed by atoms with Crippen LogP contribution in [0.4, 0.5) is 4.79 Å². The molecule has 3 aromatic rings. The second-order valence-electron chi connectivity index (χ2n) is 8.66. The Labute approximate surface area is 234 Å². The molecule has 0 aliphatic carbocycles. The van der Waals surface area contributed by atoms with Crippen LogP contribution in [-0.2, 0) is 16.0 Å². The van der Waals surface area contributed by atoms with Crippen LogP contribution in [-0.4, -0.2) is 61.1 Å². The van der Waals surface area contributed by atoms with Crippen molar-refractivity contribution in [3.63, 3.8) is 0 Å². The number of amides is 1. The number of rotatable bonds is 16. The Morgan fingerprint density at radius 3 is 2.13 bits per heavy atom. The molecule has 1 amide bonds. The summed E-state index contributed by atoms with van der Waals surface area (Å²) in [7, 11) is 0. The minimum Gasteiger partial charge on any atom is -0.494 e. The zero-order chi connectivity index (χ0) is 27.9. The number of carbonyl (C=O) groups excluding carboxylic acids is 1. The van der Waals surface area contributed by atoms with E-state index < -0.39 is 18.2 Å². The molecule has 3 rings (SSSR count). The first-order valence-corrected chi connectivity index (χ1v) is 13.3. The van der Waals surface area contributed by atoms with E-state index in [4.69, 9.17) is 30.5 Å². The fraction of sp³-hybridized carbons (Fsp3) is 0.333. The van der Waals surface area contributed by atoms with Crippen LogP contribution in [0.1, 0.15) is 25.3 Å². The number of ether oxygens (including phenoxy) is 4. The number of benzene rings is 3. The van der Waals surface area contributed by atoms with Crippen molar-refractivity contribution in [1.29, 1.82) is 0 Å². The van der Waals surface area contributed by atoms with E-state index in [1.165, 1.54) is 0 Å². The monoisotopic (exact) mass is 555 g/mol. The quantitative estimate of drug-likeness (QED) is 0.213. The van der Waals surface area contributed by atoms with Crippen molar-refractivity contribution in [3.05, 3.63) is 89.4 Å². The summed E-state index contributed by atoms with van der Waals surface area (Å²) in [5.74, 6) is 0.844. The van der Waals surface area contributed by atoms with Gasteiger partial charge in [-0.2, -0.15) is 0 Å². The number of aliphatic carboxylic acids is 1. The minimum absolute atomic E-state index is 0.256. The lowest BCUT2D eigenvalue weighted by atomic mass is 10.1. The molecule has 0 aliphatic heterocycles. The second kappa shape index (κ2) is 16.3. The molecule has 1 atom stereocenters. The largest absolute Gasteiger partial charge is 0.494 e. The lowest BCUT2D eigenvalue weighted by molar-refractivity contribution is -0.149. The number of halogens is 1. The fourth-order valence-electron chi connectivity index (χ4n) is 3.70. The van der Waals surface area contributed by atoms with Gasteiger partial charge in [0.2, 0.25) is 0 Å². The van der Waals surface area contributed by atoms with E-state index >= 15 is 0 Å². The summed E-state index contributed by atoms with van der Waals surface area (Å²) in [5.41, 5.74) is 0.828. The number of para-hydroxylation sites is 1. The lowest BCUT2D eigenvalue weighted by Gasteiger charge is -2.22. The molecule has 0 radical (unpaired) electrons.